The number of phosphoric acid groups is 1. The Morgan fingerprint density at radius 2 is 1.33 bits per heavy atom. The molecule has 0 aliphatic heterocycles. The highest BCUT2D eigenvalue weighted by atomic mass is 31.2. The number of quaternary nitrogens is 1. The minimum Gasteiger partial charge on any atom is -0.756 e. The Bertz CT molecular complexity index is 753. The summed E-state index contributed by atoms with van der Waals surface area (Å²) >= 11 is 0. The van der Waals surface area contributed by atoms with Gasteiger partial charge in [-0.25, -0.2) is 0 Å². The Morgan fingerprint density at radius 3 is 1.90 bits per heavy atom. The molecule has 0 radical (unpaired) electrons. The summed E-state index contributed by atoms with van der Waals surface area (Å²) in [6.45, 7) is 4.34. The number of likely N-dealkylation sites (N-methyl/N-ethyl adjacent to an activating group) is 1. The molecule has 1 amide bonds. The number of hydrogen-bond acceptors (Lipinski definition) is 6. The van der Waals surface area contributed by atoms with Crippen LogP contribution in [0, 0.1) is 0 Å². The highest BCUT2D eigenvalue weighted by Crippen LogP contribution is 2.38. The van der Waals surface area contributed by atoms with Crippen LogP contribution in [0.1, 0.15) is 129 Å². The average molecular weight is 617 g/mol. The van der Waals surface area contributed by atoms with Gasteiger partial charge in [-0.05, 0) is 32.1 Å². The molecule has 0 saturated carbocycles. The first-order valence-electron chi connectivity index (χ1n) is 16.7. The van der Waals surface area contributed by atoms with Gasteiger partial charge in [-0.15, -0.1) is 0 Å². The van der Waals surface area contributed by atoms with E-state index in [2.05, 4.69) is 24.4 Å². The summed E-state index contributed by atoms with van der Waals surface area (Å²) in [6.07, 6.45) is 27.6. The van der Waals surface area contributed by atoms with Gasteiger partial charge in [-0.2, -0.15) is 0 Å². The number of hydrogen-bond donors (Lipinski definition) is 2. The standard InChI is InChI=1S/C33H65N2O6P/c1-6-8-10-11-12-13-14-15-16-17-18-19-20-21-22-23-24-25-26-32(36)31(34-33(37)27-9-7-2)30-41-42(38,39)40-29-28-35(3,4)5/h21-22,25-26,31-32,36H,6-20,23-24,27-30H2,1-5H3,(H-,34,37,38,39)/b22-21+,26-25+. The van der Waals surface area contributed by atoms with E-state index in [0.29, 0.717) is 23.9 Å². The van der Waals surface area contributed by atoms with Crippen LogP contribution in [0.3, 0.4) is 0 Å². The van der Waals surface area contributed by atoms with Gasteiger partial charge in [0.2, 0.25) is 5.91 Å². The second-order valence-corrected chi connectivity index (χ2v) is 13.9. The van der Waals surface area contributed by atoms with Crippen LogP contribution in [0.4, 0.5) is 0 Å². The first-order valence-corrected chi connectivity index (χ1v) is 18.2. The summed E-state index contributed by atoms with van der Waals surface area (Å²) in [5.41, 5.74) is 0. The third kappa shape index (κ3) is 27.8. The third-order valence-electron chi connectivity index (χ3n) is 7.16. The molecule has 8 nitrogen and oxygen atoms in total. The van der Waals surface area contributed by atoms with Crippen LogP contribution >= 0.6 is 7.82 Å². The SMILES string of the molecule is CCCCCCCCCCCCCC/C=C/CC/C=C/C(O)C(COP(=O)([O-])OCC[N+](C)(C)C)NC(=O)CCCC. The number of nitrogens with zero attached hydrogens (tertiary/aromatic N) is 1. The van der Waals surface area contributed by atoms with Gasteiger partial charge in [0.25, 0.3) is 7.82 Å². The van der Waals surface area contributed by atoms with E-state index in [-0.39, 0.29) is 12.5 Å². The summed E-state index contributed by atoms with van der Waals surface area (Å²) in [7, 11) is 1.23. The predicted molar refractivity (Wildman–Crippen MR) is 173 cm³/mol. The van der Waals surface area contributed by atoms with Crippen LogP contribution < -0.4 is 10.2 Å². The number of unbranched alkanes of at least 4 members (excludes halogenated alkanes) is 14. The highest BCUT2D eigenvalue weighted by Gasteiger charge is 2.23. The number of amides is 1. The monoisotopic (exact) mass is 616 g/mol. The van der Waals surface area contributed by atoms with Crippen molar-refractivity contribution in [3.05, 3.63) is 24.3 Å². The number of carbonyl (C=O) groups is 1. The number of phosphoric ester groups is 1. The van der Waals surface area contributed by atoms with Gasteiger partial charge < -0.3 is 28.8 Å². The molecule has 0 spiro atoms. The smallest absolute Gasteiger partial charge is 0.268 e. The van der Waals surface area contributed by atoms with Crippen molar-refractivity contribution in [2.24, 2.45) is 0 Å². The van der Waals surface area contributed by atoms with Crippen molar-refractivity contribution < 1.29 is 32.9 Å². The molecular formula is C33H65N2O6P. The van der Waals surface area contributed by atoms with Crippen molar-refractivity contribution in [2.45, 2.75) is 142 Å². The van der Waals surface area contributed by atoms with E-state index in [0.717, 1.165) is 25.7 Å². The van der Waals surface area contributed by atoms with E-state index < -0.39 is 26.6 Å². The number of aliphatic hydroxyl groups excluding tert-OH is 1. The first kappa shape index (κ1) is 41.0. The number of aliphatic hydroxyl groups is 1. The minimum atomic E-state index is -4.56. The topological polar surface area (TPSA) is 108 Å². The lowest BCUT2D eigenvalue weighted by Gasteiger charge is -2.29. The van der Waals surface area contributed by atoms with Crippen LogP contribution in [0.2, 0.25) is 0 Å². The van der Waals surface area contributed by atoms with Crippen molar-refractivity contribution in [1.82, 2.24) is 5.32 Å². The molecule has 3 atom stereocenters. The van der Waals surface area contributed by atoms with Crippen molar-refractivity contribution >= 4 is 13.7 Å². The zero-order chi connectivity index (χ0) is 31.5. The molecule has 0 heterocycles. The van der Waals surface area contributed by atoms with Gasteiger partial charge in [0, 0.05) is 6.42 Å². The molecule has 0 fully saturated rings. The summed E-state index contributed by atoms with van der Waals surface area (Å²) in [4.78, 5) is 24.5. The molecule has 42 heavy (non-hydrogen) atoms. The summed E-state index contributed by atoms with van der Waals surface area (Å²) in [5.74, 6) is -0.245. The molecule has 0 aliphatic carbocycles. The predicted octanol–water partition coefficient (Wildman–Crippen LogP) is 7.21. The van der Waals surface area contributed by atoms with Gasteiger partial charge >= 0.3 is 0 Å². The van der Waals surface area contributed by atoms with Gasteiger partial charge in [-0.1, -0.05) is 115 Å². The van der Waals surface area contributed by atoms with E-state index in [4.69, 9.17) is 9.05 Å². The molecule has 9 heteroatoms. The van der Waals surface area contributed by atoms with Crippen molar-refractivity contribution in [3.63, 3.8) is 0 Å². The maximum atomic E-state index is 12.3. The Labute approximate surface area is 258 Å². The highest BCUT2D eigenvalue weighted by molar-refractivity contribution is 7.45. The number of carbonyl (C=O) groups excluding carboxylic acids is 1. The molecular weight excluding hydrogens is 551 g/mol. The molecule has 248 valence electrons. The number of allylic oxidation sites excluding steroid dienone is 3. The van der Waals surface area contributed by atoms with E-state index in [9.17, 15) is 19.4 Å². The lowest BCUT2D eigenvalue weighted by molar-refractivity contribution is -0.870. The summed E-state index contributed by atoms with van der Waals surface area (Å²) < 4.78 is 22.7. The lowest BCUT2D eigenvalue weighted by Crippen LogP contribution is -2.45. The molecule has 3 unspecified atom stereocenters. The second-order valence-electron chi connectivity index (χ2n) is 12.5. The van der Waals surface area contributed by atoms with Gasteiger partial charge in [0.1, 0.15) is 13.2 Å². The maximum absolute atomic E-state index is 12.3. The maximum Gasteiger partial charge on any atom is 0.268 e. The Morgan fingerprint density at radius 1 is 0.810 bits per heavy atom. The molecule has 0 aromatic rings. The Hall–Kier alpha value is -1.02. The normalized spacial score (nSPS) is 15.3. The van der Waals surface area contributed by atoms with Gasteiger partial charge in [0.15, 0.2) is 0 Å². The van der Waals surface area contributed by atoms with Crippen LogP contribution in [-0.2, 0) is 18.4 Å². The fourth-order valence-electron chi connectivity index (χ4n) is 4.38. The van der Waals surface area contributed by atoms with Gasteiger partial charge in [-0.3, -0.25) is 9.36 Å². The molecule has 0 aromatic carbocycles. The molecule has 0 rings (SSSR count). The third-order valence-corrected chi connectivity index (χ3v) is 8.13. The van der Waals surface area contributed by atoms with Crippen LogP contribution in [0.5, 0.6) is 0 Å². The first-order chi connectivity index (χ1) is 20.0. The van der Waals surface area contributed by atoms with Crippen molar-refractivity contribution in [1.29, 1.82) is 0 Å². The van der Waals surface area contributed by atoms with Crippen LogP contribution in [0.25, 0.3) is 0 Å². The molecule has 0 bridgehead atoms. The van der Waals surface area contributed by atoms with E-state index >= 15 is 0 Å². The van der Waals surface area contributed by atoms with Gasteiger partial charge in [0.05, 0.1) is 39.9 Å². The molecule has 0 aliphatic rings. The summed E-state index contributed by atoms with van der Waals surface area (Å²) in [5, 5.41) is 13.4. The zero-order valence-electron chi connectivity index (χ0n) is 27.7. The Balaban J connectivity index is 4.28. The number of nitrogens with one attached hydrogen (secondary N) is 1. The fourth-order valence-corrected chi connectivity index (χ4v) is 5.10. The van der Waals surface area contributed by atoms with Crippen LogP contribution in [0.15, 0.2) is 24.3 Å². The fraction of sp³-hybridized carbons (Fsp3) is 0.848. The molecule has 2 N–H and O–H groups in total. The zero-order valence-corrected chi connectivity index (χ0v) is 28.6. The lowest BCUT2D eigenvalue weighted by atomic mass is 10.0. The molecule has 0 saturated heterocycles. The Kier molecular flexibility index (Phi) is 25.7. The quantitative estimate of drug-likeness (QED) is 0.0398. The second kappa shape index (κ2) is 26.4. The van der Waals surface area contributed by atoms with Crippen molar-refractivity contribution in [2.75, 3.05) is 40.9 Å². The van der Waals surface area contributed by atoms with Crippen molar-refractivity contribution in [3.8, 4) is 0 Å². The van der Waals surface area contributed by atoms with E-state index in [1.54, 1.807) is 6.08 Å². The van der Waals surface area contributed by atoms with Crippen LogP contribution in [-0.4, -0.2) is 68.5 Å². The number of rotatable bonds is 29. The van der Waals surface area contributed by atoms with E-state index in [1.807, 2.05) is 34.1 Å². The largest absolute Gasteiger partial charge is 0.756 e. The minimum absolute atomic E-state index is 0.00686. The average Bonchev–Trinajstić information content (AvgIpc) is 2.92. The van der Waals surface area contributed by atoms with E-state index in [1.165, 1.54) is 77.0 Å². The summed E-state index contributed by atoms with van der Waals surface area (Å²) in [6, 6.07) is -0.892. The molecule has 0 aromatic heterocycles.